The molecule has 1 amide bonds. The predicted molar refractivity (Wildman–Crippen MR) is 69.2 cm³/mol. The molecule has 1 aromatic carbocycles. The fourth-order valence-corrected chi connectivity index (χ4v) is 1.11. The molecule has 0 aliphatic rings. The van der Waals surface area contributed by atoms with E-state index in [9.17, 15) is 27.6 Å². The largest absolute Gasteiger partial charge is 0.478 e. The van der Waals surface area contributed by atoms with E-state index in [0.29, 0.717) is 18.6 Å². The molecule has 0 spiro atoms. The summed E-state index contributed by atoms with van der Waals surface area (Å²) in [5.41, 5.74) is 3.06. The van der Waals surface area contributed by atoms with E-state index in [1.807, 2.05) is 0 Å². The molecule has 0 unspecified atom stereocenters. The number of benzene rings is 1. The third kappa shape index (κ3) is 6.73. The van der Waals surface area contributed by atoms with Gasteiger partial charge in [-0.05, 0) is 18.2 Å². The van der Waals surface area contributed by atoms with Gasteiger partial charge >= 0.3 is 18.1 Å². The zero-order valence-electron chi connectivity index (χ0n) is 11.7. The van der Waals surface area contributed by atoms with E-state index in [0.717, 1.165) is 13.0 Å². The number of carboxylic acid groups (broad SMARTS) is 1. The minimum absolute atomic E-state index is 0.245. The quantitative estimate of drug-likeness (QED) is 0.655. The lowest BCUT2D eigenvalue weighted by molar-refractivity contribution is -0.138. The highest BCUT2D eigenvalue weighted by Crippen LogP contribution is 2.33. The average Bonchev–Trinajstić information content (AvgIpc) is 2.37. The summed E-state index contributed by atoms with van der Waals surface area (Å²) in [7, 11) is 0. The highest BCUT2D eigenvalue weighted by molar-refractivity contribution is 5.92. The summed E-state index contributed by atoms with van der Waals surface area (Å²) >= 11 is 0. The fraction of sp³-hybridized carbons (Fsp3) is 0.308. The van der Waals surface area contributed by atoms with E-state index in [1.54, 1.807) is 6.92 Å². The molecule has 0 radical (unpaired) electrons. The number of rotatable bonds is 3. The van der Waals surface area contributed by atoms with Crippen LogP contribution in [0.4, 0.5) is 13.2 Å². The SMILES string of the molecule is CC(=O)Oc1cc(C(F)(F)F)ccc1C(=O)O.CCC(N)=O. The number of carboxylic acids is 1. The van der Waals surface area contributed by atoms with E-state index in [4.69, 9.17) is 5.11 Å². The zero-order chi connectivity index (χ0) is 17.5. The first-order valence-electron chi connectivity index (χ1n) is 5.90. The maximum atomic E-state index is 12.4. The molecule has 0 atom stereocenters. The first-order valence-corrected chi connectivity index (χ1v) is 5.90. The number of aromatic carboxylic acids is 1. The van der Waals surface area contributed by atoms with Gasteiger partial charge in [-0.15, -0.1) is 0 Å². The van der Waals surface area contributed by atoms with Crippen LogP contribution in [-0.2, 0) is 15.8 Å². The molecule has 22 heavy (non-hydrogen) atoms. The maximum absolute atomic E-state index is 12.4. The van der Waals surface area contributed by atoms with Crippen molar-refractivity contribution < 1.29 is 37.4 Å². The monoisotopic (exact) mass is 321 g/mol. The molecule has 1 aromatic rings. The lowest BCUT2D eigenvalue weighted by atomic mass is 10.1. The lowest BCUT2D eigenvalue weighted by Crippen LogP contribution is -2.11. The Kier molecular flexibility index (Phi) is 7.07. The molecule has 0 fully saturated rings. The van der Waals surface area contributed by atoms with Crippen LogP contribution in [0.3, 0.4) is 0 Å². The smallest absolute Gasteiger partial charge is 0.416 e. The van der Waals surface area contributed by atoms with Gasteiger partial charge in [0.1, 0.15) is 11.3 Å². The Balaban J connectivity index is 0.000000763. The topological polar surface area (TPSA) is 107 Å². The molecule has 9 heteroatoms. The van der Waals surface area contributed by atoms with Crippen LogP contribution >= 0.6 is 0 Å². The highest BCUT2D eigenvalue weighted by atomic mass is 19.4. The number of halogens is 3. The van der Waals surface area contributed by atoms with E-state index in [-0.39, 0.29) is 5.91 Å². The molecule has 1 rings (SSSR count). The van der Waals surface area contributed by atoms with Gasteiger partial charge in [-0.3, -0.25) is 9.59 Å². The Labute approximate surface area is 123 Å². The summed E-state index contributed by atoms with van der Waals surface area (Å²) in [5.74, 6) is -3.24. The van der Waals surface area contributed by atoms with Crippen molar-refractivity contribution >= 4 is 17.8 Å². The molecular weight excluding hydrogens is 307 g/mol. The average molecular weight is 321 g/mol. The molecule has 0 aliphatic heterocycles. The molecule has 6 nitrogen and oxygen atoms in total. The third-order valence-electron chi connectivity index (χ3n) is 2.14. The Bertz CT molecular complexity index is 569. The zero-order valence-corrected chi connectivity index (χ0v) is 11.7. The van der Waals surface area contributed by atoms with Crippen LogP contribution in [0.5, 0.6) is 5.75 Å². The van der Waals surface area contributed by atoms with Crippen LogP contribution < -0.4 is 10.5 Å². The van der Waals surface area contributed by atoms with Crippen LogP contribution in [0.1, 0.15) is 36.2 Å². The summed E-state index contributed by atoms with van der Waals surface area (Å²) in [5, 5.41) is 8.70. The number of carbonyl (C=O) groups excluding carboxylic acids is 2. The van der Waals surface area contributed by atoms with Crippen molar-refractivity contribution in [2.75, 3.05) is 0 Å². The fourth-order valence-electron chi connectivity index (χ4n) is 1.11. The number of ether oxygens (including phenoxy) is 1. The maximum Gasteiger partial charge on any atom is 0.416 e. The van der Waals surface area contributed by atoms with Crippen LogP contribution in [-0.4, -0.2) is 23.0 Å². The number of alkyl halides is 3. The third-order valence-corrected chi connectivity index (χ3v) is 2.14. The summed E-state index contributed by atoms with van der Waals surface area (Å²) in [6.45, 7) is 2.69. The van der Waals surface area contributed by atoms with Gasteiger partial charge in [0.25, 0.3) is 0 Å². The van der Waals surface area contributed by atoms with Crippen molar-refractivity contribution in [3.63, 3.8) is 0 Å². The van der Waals surface area contributed by atoms with Gasteiger partial charge in [0.05, 0.1) is 5.56 Å². The van der Waals surface area contributed by atoms with Gasteiger partial charge in [0, 0.05) is 13.3 Å². The van der Waals surface area contributed by atoms with Crippen molar-refractivity contribution in [3.8, 4) is 5.75 Å². The summed E-state index contributed by atoms with van der Waals surface area (Å²) in [4.78, 5) is 30.9. The minimum Gasteiger partial charge on any atom is -0.478 e. The summed E-state index contributed by atoms with van der Waals surface area (Å²) in [6, 6.07) is 1.82. The number of primary amides is 1. The van der Waals surface area contributed by atoms with Crippen molar-refractivity contribution in [2.24, 2.45) is 5.73 Å². The molecule has 0 heterocycles. The van der Waals surface area contributed by atoms with Crippen molar-refractivity contribution in [1.29, 1.82) is 0 Å². The van der Waals surface area contributed by atoms with Crippen molar-refractivity contribution in [3.05, 3.63) is 29.3 Å². The van der Waals surface area contributed by atoms with E-state index in [2.05, 4.69) is 10.5 Å². The number of hydrogen-bond donors (Lipinski definition) is 2. The van der Waals surface area contributed by atoms with Gasteiger partial charge in [-0.25, -0.2) is 4.79 Å². The van der Waals surface area contributed by atoms with Gasteiger partial charge in [-0.2, -0.15) is 13.2 Å². The molecule has 0 aromatic heterocycles. The van der Waals surface area contributed by atoms with Gasteiger partial charge in [0.2, 0.25) is 5.91 Å². The first kappa shape index (κ1) is 19.4. The molecule has 0 saturated carbocycles. The van der Waals surface area contributed by atoms with Gasteiger partial charge < -0.3 is 15.6 Å². The van der Waals surface area contributed by atoms with E-state index >= 15 is 0 Å². The Morgan fingerprint density at radius 1 is 1.27 bits per heavy atom. The van der Waals surface area contributed by atoms with E-state index in [1.165, 1.54) is 0 Å². The molecule has 0 bridgehead atoms. The van der Waals surface area contributed by atoms with E-state index < -0.39 is 35.0 Å². The Morgan fingerprint density at radius 3 is 2.09 bits per heavy atom. The highest BCUT2D eigenvalue weighted by Gasteiger charge is 2.32. The molecule has 0 saturated heterocycles. The van der Waals surface area contributed by atoms with Crippen molar-refractivity contribution in [1.82, 2.24) is 0 Å². The second kappa shape index (κ2) is 8.01. The molecular formula is C13H14F3NO5. The van der Waals surface area contributed by atoms with Crippen molar-refractivity contribution in [2.45, 2.75) is 26.4 Å². The van der Waals surface area contributed by atoms with Crippen LogP contribution in [0, 0.1) is 0 Å². The normalized spacial score (nSPS) is 10.2. The molecule has 3 N–H and O–H groups in total. The summed E-state index contributed by atoms with van der Waals surface area (Å²) < 4.78 is 41.5. The standard InChI is InChI=1S/C10H7F3O4.C3H7NO/c1-5(14)17-8-4-6(10(11,12)13)2-3-7(8)9(15)16;1-2-3(4)5/h2-4H,1H3,(H,15,16);2H2,1H3,(H2,4,5). The second-order valence-electron chi connectivity index (χ2n) is 3.93. The lowest BCUT2D eigenvalue weighted by Gasteiger charge is -2.10. The molecule has 0 aliphatic carbocycles. The Morgan fingerprint density at radius 2 is 1.77 bits per heavy atom. The second-order valence-corrected chi connectivity index (χ2v) is 3.93. The Hall–Kier alpha value is -2.58. The first-order chi connectivity index (χ1) is 9.98. The number of esters is 1. The van der Waals surface area contributed by atoms with Crippen LogP contribution in [0.15, 0.2) is 18.2 Å². The van der Waals surface area contributed by atoms with Gasteiger partial charge in [-0.1, -0.05) is 6.92 Å². The number of carbonyl (C=O) groups is 3. The minimum atomic E-state index is -4.63. The molecule has 122 valence electrons. The van der Waals surface area contributed by atoms with Gasteiger partial charge in [0.15, 0.2) is 0 Å². The number of hydrogen-bond acceptors (Lipinski definition) is 4. The summed E-state index contributed by atoms with van der Waals surface area (Å²) in [6.07, 6.45) is -4.19. The predicted octanol–water partition coefficient (Wildman–Crippen LogP) is 2.21. The van der Waals surface area contributed by atoms with Crippen LogP contribution in [0.25, 0.3) is 0 Å². The number of nitrogens with two attached hydrogens (primary N) is 1. The van der Waals surface area contributed by atoms with Crippen LogP contribution in [0.2, 0.25) is 0 Å². The number of amides is 1.